The van der Waals surface area contributed by atoms with E-state index < -0.39 is 0 Å². The van der Waals surface area contributed by atoms with Crippen LogP contribution in [-0.4, -0.2) is 40.1 Å². The third kappa shape index (κ3) is 4.58. The Balaban J connectivity index is 1.59. The third-order valence-electron chi connectivity index (χ3n) is 3.72. The molecular formula is C18H20N4O2S. The number of carbonyl (C=O) groups excluding carboxylic acids is 1. The van der Waals surface area contributed by atoms with Crippen LogP contribution in [0, 0.1) is 0 Å². The van der Waals surface area contributed by atoms with Crippen LogP contribution in [0.1, 0.15) is 6.42 Å². The molecule has 0 fully saturated rings. The van der Waals surface area contributed by atoms with E-state index in [1.165, 1.54) is 11.8 Å². The van der Waals surface area contributed by atoms with Crippen LogP contribution in [-0.2, 0) is 16.1 Å². The number of benzene rings is 2. The number of ether oxygens (including phenoxy) is 1. The number of amides is 1. The first-order valence-electron chi connectivity index (χ1n) is 8.05. The maximum Gasteiger partial charge on any atom is 0.234 e. The maximum absolute atomic E-state index is 12.3. The van der Waals surface area contributed by atoms with E-state index in [2.05, 4.69) is 15.5 Å². The molecule has 130 valence electrons. The summed E-state index contributed by atoms with van der Waals surface area (Å²) in [6.07, 6.45) is 2.56. The van der Waals surface area contributed by atoms with Crippen LogP contribution in [0.4, 0.5) is 5.69 Å². The number of nitrogens with one attached hydrogen (secondary N) is 1. The lowest BCUT2D eigenvalue weighted by Crippen LogP contribution is -2.15. The summed E-state index contributed by atoms with van der Waals surface area (Å²) in [6, 6.07) is 13.9. The van der Waals surface area contributed by atoms with Gasteiger partial charge in [0, 0.05) is 31.3 Å². The van der Waals surface area contributed by atoms with E-state index >= 15 is 0 Å². The van der Waals surface area contributed by atoms with E-state index in [-0.39, 0.29) is 11.7 Å². The number of aryl methyl sites for hydroxylation is 1. The van der Waals surface area contributed by atoms with Gasteiger partial charge in [0.05, 0.1) is 5.75 Å². The summed E-state index contributed by atoms with van der Waals surface area (Å²) in [7, 11) is 1.68. The highest BCUT2D eigenvalue weighted by Crippen LogP contribution is 2.23. The number of aromatic nitrogens is 3. The Labute approximate surface area is 150 Å². The minimum atomic E-state index is -0.0622. The number of nitrogens with zero attached hydrogens (tertiary/aromatic N) is 3. The molecule has 6 nitrogen and oxygen atoms in total. The molecule has 1 amide bonds. The van der Waals surface area contributed by atoms with Crippen molar-refractivity contribution in [2.75, 3.05) is 24.8 Å². The second-order valence-corrected chi connectivity index (χ2v) is 6.46. The molecule has 25 heavy (non-hydrogen) atoms. The van der Waals surface area contributed by atoms with Gasteiger partial charge in [-0.1, -0.05) is 48.2 Å². The molecule has 1 aromatic heterocycles. The lowest BCUT2D eigenvalue weighted by atomic mass is 10.1. The van der Waals surface area contributed by atoms with Gasteiger partial charge < -0.3 is 14.6 Å². The second-order valence-electron chi connectivity index (χ2n) is 5.52. The van der Waals surface area contributed by atoms with E-state index in [1.807, 2.05) is 47.0 Å². The Morgan fingerprint density at radius 2 is 2.08 bits per heavy atom. The Hall–Kier alpha value is -2.38. The summed E-state index contributed by atoms with van der Waals surface area (Å²) in [5.74, 6) is 0.222. The Kier molecular flexibility index (Phi) is 6.03. The predicted molar refractivity (Wildman–Crippen MR) is 99.8 cm³/mol. The zero-order chi connectivity index (χ0) is 17.5. The van der Waals surface area contributed by atoms with Gasteiger partial charge >= 0.3 is 0 Å². The number of fused-ring (bicyclic) bond motifs is 1. The van der Waals surface area contributed by atoms with Crippen LogP contribution >= 0.6 is 11.8 Å². The van der Waals surface area contributed by atoms with Crippen LogP contribution in [0.25, 0.3) is 10.8 Å². The number of hydrogen-bond acceptors (Lipinski definition) is 5. The molecule has 3 rings (SSSR count). The fourth-order valence-electron chi connectivity index (χ4n) is 2.54. The third-order valence-corrected chi connectivity index (χ3v) is 4.70. The van der Waals surface area contributed by atoms with Crippen molar-refractivity contribution in [3.63, 3.8) is 0 Å². The average molecular weight is 356 g/mol. The SMILES string of the molecule is COCCCn1cnnc1SCC(=O)Nc1cccc2ccccc12. The van der Waals surface area contributed by atoms with Crippen molar-refractivity contribution in [1.82, 2.24) is 14.8 Å². The molecule has 0 spiro atoms. The summed E-state index contributed by atoms with van der Waals surface area (Å²) in [5.41, 5.74) is 0.824. The van der Waals surface area contributed by atoms with E-state index in [9.17, 15) is 4.79 Å². The van der Waals surface area contributed by atoms with Crippen molar-refractivity contribution < 1.29 is 9.53 Å². The minimum Gasteiger partial charge on any atom is -0.385 e. The molecular weight excluding hydrogens is 336 g/mol. The molecule has 0 radical (unpaired) electrons. The van der Waals surface area contributed by atoms with Crippen molar-refractivity contribution in [3.05, 3.63) is 48.8 Å². The molecule has 0 atom stereocenters. The van der Waals surface area contributed by atoms with Crippen LogP contribution < -0.4 is 5.32 Å². The van der Waals surface area contributed by atoms with Crippen molar-refractivity contribution in [2.45, 2.75) is 18.1 Å². The van der Waals surface area contributed by atoms with Gasteiger partial charge in [-0.3, -0.25) is 4.79 Å². The number of hydrogen-bond donors (Lipinski definition) is 1. The summed E-state index contributed by atoms with van der Waals surface area (Å²) in [4.78, 5) is 12.3. The van der Waals surface area contributed by atoms with Gasteiger partial charge in [-0.05, 0) is 17.9 Å². The monoisotopic (exact) mass is 356 g/mol. The molecule has 0 bridgehead atoms. The minimum absolute atomic E-state index is 0.0622. The van der Waals surface area contributed by atoms with Gasteiger partial charge in [-0.2, -0.15) is 0 Å². The van der Waals surface area contributed by atoms with Crippen LogP contribution in [0.15, 0.2) is 53.9 Å². The molecule has 1 N–H and O–H groups in total. The first-order valence-corrected chi connectivity index (χ1v) is 9.03. The van der Waals surface area contributed by atoms with E-state index in [4.69, 9.17) is 4.74 Å². The summed E-state index contributed by atoms with van der Waals surface area (Å²) in [5, 5.41) is 13.9. The number of methoxy groups -OCH3 is 1. The normalized spacial score (nSPS) is 10.9. The molecule has 2 aromatic carbocycles. The second kappa shape index (κ2) is 8.64. The zero-order valence-electron chi connectivity index (χ0n) is 14.0. The Morgan fingerprint density at radius 1 is 1.24 bits per heavy atom. The van der Waals surface area contributed by atoms with Crippen molar-refractivity contribution in [2.24, 2.45) is 0 Å². The standard InChI is InChI=1S/C18H20N4O2S/c1-24-11-5-10-22-13-19-21-18(22)25-12-17(23)20-16-9-4-7-14-6-2-3-8-15(14)16/h2-4,6-9,13H,5,10-12H2,1H3,(H,20,23). The molecule has 0 saturated heterocycles. The van der Waals surface area contributed by atoms with Gasteiger partial charge in [0.1, 0.15) is 6.33 Å². The van der Waals surface area contributed by atoms with Crippen molar-refractivity contribution in [3.8, 4) is 0 Å². The maximum atomic E-state index is 12.3. The number of rotatable bonds is 8. The van der Waals surface area contributed by atoms with E-state index in [0.717, 1.165) is 34.6 Å². The number of thioether (sulfide) groups is 1. The van der Waals surface area contributed by atoms with Gasteiger partial charge in [0.15, 0.2) is 5.16 Å². The molecule has 0 aliphatic heterocycles. The van der Waals surface area contributed by atoms with Crippen LogP contribution in [0.5, 0.6) is 0 Å². The molecule has 0 aliphatic rings. The highest BCUT2D eigenvalue weighted by Gasteiger charge is 2.10. The highest BCUT2D eigenvalue weighted by atomic mass is 32.2. The van der Waals surface area contributed by atoms with Crippen LogP contribution in [0.2, 0.25) is 0 Å². The van der Waals surface area contributed by atoms with Crippen LogP contribution in [0.3, 0.4) is 0 Å². The Bertz CT molecular complexity index is 844. The van der Waals surface area contributed by atoms with Gasteiger partial charge in [0.25, 0.3) is 0 Å². The highest BCUT2D eigenvalue weighted by molar-refractivity contribution is 7.99. The molecule has 3 aromatic rings. The lowest BCUT2D eigenvalue weighted by molar-refractivity contribution is -0.113. The summed E-state index contributed by atoms with van der Waals surface area (Å²) in [6.45, 7) is 1.46. The first-order chi connectivity index (χ1) is 12.3. The number of anilines is 1. The topological polar surface area (TPSA) is 69.0 Å². The quantitative estimate of drug-likeness (QED) is 0.496. The summed E-state index contributed by atoms with van der Waals surface area (Å²) < 4.78 is 6.99. The van der Waals surface area contributed by atoms with Crippen molar-refractivity contribution >= 4 is 34.1 Å². The predicted octanol–water partition coefficient (Wildman–Crippen LogP) is 3.20. The average Bonchev–Trinajstić information content (AvgIpc) is 3.08. The number of carbonyl (C=O) groups is 1. The van der Waals surface area contributed by atoms with E-state index in [1.54, 1.807) is 13.4 Å². The van der Waals surface area contributed by atoms with Gasteiger partial charge in [-0.15, -0.1) is 10.2 Å². The van der Waals surface area contributed by atoms with Crippen molar-refractivity contribution in [1.29, 1.82) is 0 Å². The molecule has 1 heterocycles. The Morgan fingerprint density at radius 3 is 2.96 bits per heavy atom. The molecule has 7 heteroatoms. The largest absolute Gasteiger partial charge is 0.385 e. The van der Waals surface area contributed by atoms with E-state index in [0.29, 0.717) is 6.61 Å². The molecule has 0 saturated carbocycles. The molecule has 0 unspecified atom stereocenters. The smallest absolute Gasteiger partial charge is 0.234 e. The van der Waals surface area contributed by atoms with Gasteiger partial charge in [0.2, 0.25) is 5.91 Å². The summed E-state index contributed by atoms with van der Waals surface area (Å²) >= 11 is 1.38. The van der Waals surface area contributed by atoms with Gasteiger partial charge in [-0.25, -0.2) is 0 Å². The molecule has 0 aliphatic carbocycles. The lowest BCUT2D eigenvalue weighted by Gasteiger charge is -2.09. The fraction of sp³-hybridized carbons (Fsp3) is 0.278. The fourth-order valence-corrected chi connectivity index (χ4v) is 3.28. The zero-order valence-corrected chi connectivity index (χ0v) is 14.8. The first kappa shape index (κ1) is 17.4.